The summed E-state index contributed by atoms with van der Waals surface area (Å²) in [7, 11) is 0. The third-order valence-electron chi connectivity index (χ3n) is 3.26. The van der Waals surface area contributed by atoms with Gasteiger partial charge in [0.25, 0.3) is 0 Å². The summed E-state index contributed by atoms with van der Waals surface area (Å²) in [5.74, 6) is -1.05. The van der Waals surface area contributed by atoms with Crippen LogP contribution < -0.4 is 10.6 Å². The molecule has 1 aromatic carbocycles. The number of anilines is 3. The molecular weight excluding hydrogens is 423 g/mol. The van der Waals surface area contributed by atoms with Crippen LogP contribution in [0.15, 0.2) is 40.1 Å². The van der Waals surface area contributed by atoms with Crippen LogP contribution in [0.5, 0.6) is 0 Å². The molecule has 0 fully saturated rings. The lowest BCUT2D eigenvalue weighted by Gasteiger charge is -2.05. The highest BCUT2D eigenvalue weighted by Gasteiger charge is 2.16. The van der Waals surface area contributed by atoms with Crippen LogP contribution in [-0.4, -0.2) is 34.4 Å². The number of esters is 1. The number of hydrogen-bond donors (Lipinski definition) is 2. The molecule has 3 aromatic rings. The summed E-state index contributed by atoms with van der Waals surface area (Å²) in [4.78, 5) is 24.0. The molecule has 0 saturated heterocycles. The van der Waals surface area contributed by atoms with E-state index in [1.165, 1.54) is 40.5 Å². The highest BCUT2D eigenvalue weighted by Crippen LogP contribution is 2.29. The number of rotatable bonds is 8. The van der Waals surface area contributed by atoms with Gasteiger partial charge in [-0.2, -0.15) is 0 Å². The summed E-state index contributed by atoms with van der Waals surface area (Å²) in [6.45, 7) is 1.98. The van der Waals surface area contributed by atoms with Crippen molar-refractivity contribution in [3.8, 4) is 0 Å². The minimum absolute atomic E-state index is 0.0918. The van der Waals surface area contributed by atoms with Crippen LogP contribution in [0.4, 0.5) is 20.2 Å². The van der Waals surface area contributed by atoms with Crippen LogP contribution in [0.25, 0.3) is 0 Å². The molecule has 2 aromatic heterocycles. The van der Waals surface area contributed by atoms with E-state index >= 15 is 0 Å². The lowest BCUT2D eigenvalue weighted by atomic mass is 10.3. The van der Waals surface area contributed by atoms with Gasteiger partial charge in [-0.1, -0.05) is 35.2 Å². The van der Waals surface area contributed by atoms with Gasteiger partial charge in [0.15, 0.2) is 4.34 Å². The number of benzene rings is 1. The standard InChI is InChI=1S/C17H15FN4O3S3/c1-2-25-15(24)10-7-8-26-14(10)20-13(23)9-27-17-22-21-16(28-17)19-12-6-4-3-5-11(12)18/h3-8H,2,9H2,1H3,(H,19,21)(H,20,23). The van der Waals surface area contributed by atoms with E-state index in [-0.39, 0.29) is 24.1 Å². The van der Waals surface area contributed by atoms with Crippen molar-refractivity contribution in [1.29, 1.82) is 0 Å². The molecule has 0 aliphatic heterocycles. The Labute approximate surface area is 172 Å². The number of amides is 1. The molecule has 0 unspecified atom stereocenters. The topological polar surface area (TPSA) is 93.2 Å². The van der Waals surface area contributed by atoms with Crippen molar-refractivity contribution in [2.24, 2.45) is 0 Å². The molecule has 0 aliphatic carbocycles. The first-order valence-electron chi connectivity index (χ1n) is 8.09. The Bertz CT molecular complexity index is 976. The molecule has 3 rings (SSSR count). The highest BCUT2D eigenvalue weighted by atomic mass is 32.2. The van der Waals surface area contributed by atoms with E-state index in [0.29, 0.717) is 25.7 Å². The van der Waals surface area contributed by atoms with Crippen molar-refractivity contribution in [3.63, 3.8) is 0 Å². The monoisotopic (exact) mass is 438 g/mol. The summed E-state index contributed by atoms with van der Waals surface area (Å²) < 4.78 is 19.2. The van der Waals surface area contributed by atoms with E-state index in [0.717, 1.165) is 0 Å². The molecule has 28 heavy (non-hydrogen) atoms. The van der Waals surface area contributed by atoms with Gasteiger partial charge in [-0.25, -0.2) is 9.18 Å². The molecule has 0 spiro atoms. The van der Waals surface area contributed by atoms with Crippen molar-refractivity contribution in [2.75, 3.05) is 23.0 Å². The Morgan fingerprint density at radius 1 is 1.25 bits per heavy atom. The third-order valence-corrected chi connectivity index (χ3v) is 6.06. The van der Waals surface area contributed by atoms with Gasteiger partial charge in [0.1, 0.15) is 10.8 Å². The zero-order chi connectivity index (χ0) is 19.9. The second-order valence-corrected chi connectivity index (χ2v) is 8.31. The van der Waals surface area contributed by atoms with Crippen LogP contribution in [-0.2, 0) is 9.53 Å². The van der Waals surface area contributed by atoms with Crippen molar-refractivity contribution in [3.05, 3.63) is 47.1 Å². The predicted octanol–water partition coefficient (Wildman–Crippen LogP) is 4.39. The number of hydrogen-bond acceptors (Lipinski definition) is 9. The quantitative estimate of drug-likeness (QED) is 0.398. The summed E-state index contributed by atoms with van der Waals surface area (Å²) in [5.41, 5.74) is 0.634. The van der Waals surface area contributed by atoms with E-state index in [4.69, 9.17) is 4.74 Å². The normalized spacial score (nSPS) is 10.5. The molecular formula is C17H15FN4O3S3. The summed E-state index contributed by atoms with van der Waals surface area (Å²) in [5, 5.41) is 16.1. The Morgan fingerprint density at radius 2 is 2.07 bits per heavy atom. The Morgan fingerprint density at radius 3 is 2.86 bits per heavy atom. The van der Waals surface area contributed by atoms with Crippen molar-refractivity contribution >= 4 is 62.1 Å². The molecule has 0 aliphatic rings. The van der Waals surface area contributed by atoms with Crippen LogP contribution in [0.2, 0.25) is 0 Å². The molecule has 7 nitrogen and oxygen atoms in total. The number of para-hydroxylation sites is 1. The summed E-state index contributed by atoms with van der Waals surface area (Å²) >= 11 is 3.66. The van der Waals surface area contributed by atoms with E-state index in [1.54, 1.807) is 36.6 Å². The first kappa shape index (κ1) is 20.2. The lowest BCUT2D eigenvalue weighted by molar-refractivity contribution is -0.113. The molecule has 2 N–H and O–H groups in total. The maximum Gasteiger partial charge on any atom is 0.341 e. The first-order valence-corrected chi connectivity index (χ1v) is 10.8. The van der Waals surface area contributed by atoms with Crippen LogP contribution >= 0.6 is 34.4 Å². The van der Waals surface area contributed by atoms with Crippen molar-refractivity contribution in [1.82, 2.24) is 10.2 Å². The largest absolute Gasteiger partial charge is 0.462 e. The average Bonchev–Trinajstić information content (AvgIpc) is 3.31. The number of nitrogens with one attached hydrogen (secondary N) is 2. The van der Waals surface area contributed by atoms with Crippen LogP contribution in [0, 0.1) is 5.82 Å². The fourth-order valence-electron chi connectivity index (χ4n) is 2.06. The van der Waals surface area contributed by atoms with Gasteiger partial charge in [0.05, 0.1) is 23.6 Å². The second kappa shape index (κ2) is 9.62. The number of thiophene rings is 1. The second-order valence-electron chi connectivity index (χ2n) is 5.20. The Balaban J connectivity index is 1.53. The number of carbonyl (C=O) groups excluding carboxylic acids is 2. The van der Waals surface area contributed by atoms with Gasteiger partial charge in [-0.15, -0.1) is 21.5 Å². The third kappa shape index (κ3) is 5.27. The van der Waals surface area contributed by atoms with Gasteiger partial charge < -0.3 is 15.4 Å². The summed E-state index contributed by atoms with van der Waals surface area (Å²) in [6.07, 6.45) is 0. The highest BCUT2D eigenvalue weighted by molar-refractivity contribution is 8.01. The van der Waals surface area contributed by atoms with Gasteiger partial charge in [0, 0.05) is 0 Å². The number of nitrogens with zero attached hydrogens (tertiary/aromatic N) is 2. The lowest BCUT2D eigenvalue weighted by Crippen LogP contribution is -2.15. The van der Waals surface area contributed by atoms with Gasteiger partial charge in [-0.05, 0) is 30.5 Å². The molecule has 11 heteroatoms. The maximum absolute atomic E-state index is 13.7. The van der Waals surface area contributed by atoms with Gasteiger partial charge in [0.2, 0.25) is 11.0 Å². The molecule has 0 bridgehead atoms. The smallest absolute Gasteiger partial charge is 0.341 e. The van der Waals surface area contributed by atoms with Gasteiger partial charge >= 0.3 is 5.97 Å². The fraction of sp³-hybridized carbons (Fsp3) is 0.176. The Hall–Kier alpha value is -2.50. The minimum atomic E-state index is -0.473. The molecule has 0 atom stereocenters. The zero-order valence-electron chi connectivity index (χ0n) is 14.6. The van der Waals surface area contributed by atoms with Crippen molar-refractivity contribution in [2.45, 2.75) is 11.3 Å². The molecule has 2 heterocycles. The first-order chi connectivity index (χ1) is 13.6. The number of ether oxygens (including phenoxy) is 1. The van der Waals surface area contributed by atoms with E-state index in [9.17, 15) is 14.0 Å². The zero-order valence-corrected chi connectivity index (χ0v) is 17.0. The molecule has 146 valence electrons. The fourth-order valence-corrected chi connectivity index (χ4v) is 4.42. The summed E-state index contributed by atoms with van der Waals surface area (Å²) in [6, 6.07) is 7.86. The number of thioether (sulfide) groups is 1. The van der Waals surface area contributed by atoms with Crippen LogP contribution in [0.1, 0.15) is 17.3 Å². The van der Waals surface area contributed by atoms with E-state index < -0.39 is 5.97 Å². The number of halogens is 1. The Kier molecular flexibility index (Phi) is 6.95. The molecule has 0 radical (unpaired) electrons. The number of carbonyl (C=O) groups is 2. The van der Waals surface area contributed by atoms with E-state index in [1.807, 2.05) is 0 Å². The SMILES string of the molecule is CCOC(=O)c1ccsc1NC(=O)CSc1nnc(Nc2ccccc2F)s1. The van der Waals surface area contributed by atoms with Gasteiger partial charge in [-0.3, -0.25) is 4.79 Å². The van der Waals surface area contributed by atoms with Crippen LogP contribution in [0.3, 0.4) is 0 Å². The minimum Gasteiger partial charge on any atom is -0.462 e. The average molecular weight is 439 g/mol. The maximum atomic E-state index is 13.7. The van der Waals surface area contributed by atoms with E-state index in [2.05, 4.69) is 20.8 Å². The van der Waals surface area contributed by atoms with Crippen molar-refractivity contribution < 1.29 is 18.7 Å². The predicted molar refractivity (Wildman–Crippen MR) is 109 cm³/mol. The molecule has 1 amide bonds. The number of aromatic nitrogens is 2. The molecule has 0 saturated carbocycles.